The molecule has 0 aliphatic heterocycles. The van der Waals surface area contributed by atoms with Crippen molar-refractivity contribution in [3.8, 4) is 11.3 Å². The van der Waals surface area contributed by atoms with E-state index in [1.54, 1.807) is 6.33 Å². The first kappa shape index (κ1) is 21.9. The van der Waals surface area contributed by atoms with Crippen LogP contribution in [-0.2, 0) is 5.41 Å². The van der Waals surface area contributed by atoms with E-state index in [2.05, 4.69) is 70.2 Å². The molecule has 3 nitrogen and oxygen atoms in total. The average Bonchev–Trinajstić information content (AvgIpc) is 3.21. The van der Waals surface area contributed by atoms with E-state index in [-0.39, 0.29) is 19.9 Å². The fourth-order valence-electron chi connectivity index (χ4n) is 5.53. The molecule has 0 bridgehead atoms. The van der Waals surface area contributed by atoms with Gasteiger partial charge in [0.25, 0.3) is 0 Å². The maximum atomic E-state index is 4.91. The zero-order valence-corrected chi connectivity index (χ0v) is 22.2. The summed E-state index contributed by atoms with van der Waals surface area (Å²) in [5, 5.41) is 2.50. The molecule has 5 aromatic rings. The van der Waals surface area contributed by atoms with Gasteiger partial charge in [0.2, 0.25) is 0 Å². The Labute approximate surface area is 207 Å². The normalized spacial score (nSPS) is 15.5. The Hall–Kier alpha value is -2.55. The predicted octanol–water partition coefficient (Wildman–Crippen LogP) is 7.71. The molecule has 1 aliphatic rings. The van der Waals surface area contributed by atoms with Crippen LogP contribution < -0.4 is 0 Å². The monoisotopic (exact) mass is 513 g/mol. The molecule has 0 atom stereocenters. The molecular formula is C30H31N3Se. The Balaban J connectivity index is 1.55. The van der Waals surface area contributed by atoms with Gasteiger partial charge < -0.3 is 0 Å². The Kier molecular flexibility index (Phi) is 5.35. The molecule has 0 spiro atoms. The molecule has 0 amide bonds. The van der Waals surface area contributed by atoms with Crippen LogP contribution in [0.5, 0.6) is 0 Å². The first-order valence-corrected chi connectivity index (χ1v) is 14.2. The maximum absolute atomic E-state index is 4.91. The Morgan fingerprint density at radius 2 is 1.71 bits per heavy atom. The van der Waals surface area contributed by atoms with Crippen LogP contribution in [0.4, 0.5) is 0 Å². The number of benzene rings is 2. The van der Waals surface area contributed by atoms with Crippen LogP contribution in [0, 0.1) is 6.92 Å². The van der Waals surface area contributed by atoms with Gasteiger partial charge in [-0.25, -0.2) is 0 Å². The van der Waals surface area contributed by atoms with Gasteiger partial charge >= 0.3 is 208 Å². The van der Waals surface area contributed by atoms with Gasteiger partial charge in [-0.3, -0.25) is 0 Å². The van der Waals surface area contributed by atoms with Gasteiger partial charge in [0.1, 0.15) is 0 Å². The van der Waals surface area contributed by atoms with Crippen molar-refractivity contribution in [3.63, 3.8) is 0 Å². The van der Waals surface area contributed by atoms with Crippen LogP contribution in [0.25, 0.3) is 41.6 Å². The van der Waals surface area contributed by atoms with E-state index < -0.39 is 0 Å². The molecule has 0 unspecified atom stereocenters. The Bertz CT molecular complexity index is 1530. The Morgan fingerprint density at radius 1 is 0.882 bits per heavy atom. The number of rotatable bonds is 2. The van der Waals surface area contributed by atoms with Gasteiger partial charge in [0, 0.05) is 0 Å². The number of pyridine rings is 1. The number of aromatic nitrogens is 3. The van der Waals surface area contributed by atoms with Crippen molar-refractivity contribution in [1.82, 2.24) is 15.0 Å². The zero-order chi connectivity index (χ0) is 23.4. The summed E-state index contributed by atoms with van der Waals surface area (Å²) in [5.41, 5.74) is 8.37. The van der Waals surface area contributed by atoms with Crippen molar-refractivity contribution >= 4 is 44.8 Å². The van der Waals surface area contributed by atoms with Gasteiger partial charge in [0.15, 0.2) is 0 Å². The Morgan fingerprint density at radius 3 is 2.50 bits per heavy atom. The molecule has 1 aliphatic carbocycles. The first-order valence-electron chi connectivity index (χ1n) is 12.5. The van der Waals surface area contributed by atoms with Crippen molar-refractivity contribution in [2.75, 3.05) is 0 Å². The standard InChI is InChI=1S/C30H31N3Se/c1-18-10-11-21-14-22(15-24(26(21)33-18)30(2,3)4)27-29-28(32-17-31-27)23-13-12-20(16-25(23)34-29)19-8-6-5-7-9-19/h10-17,19H,5-9H2,1-4H3. The molecule has 1 fully saturated rings. The van der Waals surface area contributed by atoms with Crippen LogP contribution in [0.2, 0.25) is 0 Å². The number of hydrogen-bond donors (Lipinski definition) is 0. The summed E-state index contributed by atoms with van der Waals surface area (Å²) in [5.74, 6) is 0.731. The molecule has 3 heterocycles. The van der Waals surface area contributed by atoms with Gasteiger partial charge in [-0.2, -0.15) is 0 Å². The number of nitrogens with zero attached hydrogens (tertiary/aromatic N) is 3. The molecule has 0 N–H and O–H groups in total. The molecule has 0 saturated heterocycles. The van der Waals surface area contributed by atoms with Crippen LogP contribution in [0.1, 0.15) is 75.6 Å². The fraction of sp³-hybridized carbons (Fsp3) is 0.367. The molecule has 4 heteroatoms. The topological polar surface area (TPSA) is 38.7 Å². The molecule has 6 rings (SSSR count). The molecule has 2 aromatic carbocycles. The summed E-state index contributed by atoms with van der Waals surface area (Å²) in [4.78, 5) is 14.5. The number of fused-ring (bicyclic) bond motifs is 4. The van der Waals surface area contributed by atoms with Crippen LogP contribution in [0.3, 0.4) is 0 Å². The molecule has 1 saturated carbocycles. The molecule has 172 valence electrons. The molecule has 0 radical (unpaired) electrons. The van der Waals surface area contributed by atoms with E-state index in [4.69, 9.17) is 15.0 Å². The van der Waals surface area contributed by atoms with Crippen molar-refractivity contribution in [1.29, 1.82) is 0 Å². The fourth-order valence-corrected chi connectivity index (χ4v) is 8.08. The van der Waals surface area contributed by atoms with E-state index in [9.17, 15) is 0 Å². The molecule has 34 heavy (non-hydrogen) atoms. The third-order valence-corrected chi connectivity index (χ3v) is 9.78. The predicted molar refractivity (Wildman–Crippen MR) is 144 cm³/mol. The third-order valence-electron chi connectivity index (χ3n) is 7.37. The van der Waals surface area contributed by atoms with Crippen molar-refractivity contribution in [2.45, 2.75) is 71.1 Å². The summed E-state index contributed by atoms with van der Waals surface area (Å²) >= 11 is 0.217. The SMILES string of the molecule is Cc1ccc2cc(-c3ncnc4c3[se]c3cc(C5CCCCC5)ccc34)cc(C(C)(C)C)c2n1. The van der Waals surface area contributed by atoms with E-state index in [0.717, 1.165) is 28.3 Å². The van der Waals surface area contributed by atoms with Gasteiger partial charge in [-0.15, -0.1) is 0 Å². The van der Waals surface area contributed by atoms with Crippen molar-refractivity contribution in [2.24, 2.45) is 0 Å². The van der Waals surface area contributed by atoms with E-state index >= 15 is 0 Å². The number of hydrogen-bond acceptors (Lipinski definition) is 3. The summed E-state index contributed by atoms with van der Waals surface area (Å²) < 4.78 is 2.80. The van der Waals surface area contributed by atoms with Crippen LogP contribution >= 0.6 is 0 Å². The second-order valence-electron chi connectivity index (χ2n) is 10.9. The van der Waals surface area contributed by atoms with Crippen LogP contribution in [0.15, 0.2) is 48.8 Å². The summed E-state index contributed by atoms with van der Waals surface area (Å²) in [6, 6.07) is 16.1. The first-order chi connectivity index (χ1) is 16.4. The van der Waals surface area contributed by atoms with Crippen molar-refractivity contribution < 1.29 is 0 Å². The van der Waals surface area contributed by atoms with Crippen LogP contribution in [-0.4, -0.2) is 29.5 Å². The second-order valence-corrected chi connectivity index (χ2v) is 13.1. The summed E-state index contributed by atoms with van der Waals surface area (Å²) in [7, 11) is 0. The van der Waals surface area contributed by atoms with E-state index in [1.165, 1.54) is 68.1 Å². The van der Waals surface area contributed by atoms with Gasteiger partial charge in [-0.05, 0) is 0 Å². The molecule has 3 aromatic heterocycles. The van der Waals surface area contributed by atoms with Gasteiger partial charge in [0.05, 0.1) is 0 Å². The zero-order valence-electron chi connectivity index (χ0n) is 20.5. The average molecular weight is 513 g/mol. The minimum absolute atomic E-state index is 0.00569. The van der Waals surface area contributed by atoms with Crippen molar-refractivity contribution in [3.05, 3.63) is 65.6 Å². The minimum atomic E-state index is -0.00569. The summed E-state index contributed by atoms with van der Waals surface area (Å²) in [6.45, 7) is 8.88. The molecular weight excluding hydrogens is 481 g/mol. The van der Waals surface area contributed by atoms with E-state index in [1.807, 2.05) is 0 Å². The van der Waals surface area contributed by atoms with Gasteiger partial charge in [-0.1, -0.05) is 0 Å². The summed E-state index contributed by atoms with van der Waals surface area (Å²) in [6.07, 6.45) is 8.56. The van der Waals surface area contributed by atoms with E-state index in [0.29, 0.717) is 0 Å². The third kappa shape index (κ3) is 3.78. The second kappa shape index (κ2) is 8.29. The quantitative estimate of drug-likeness (QED) is 0.227. The number of aryl methyl sites for hydroxylation is 1.